The van der Waals surface area contributed by atoms with E-state index in [4.69, 9.17) is 4.74 Å². The van der Waals surface area contributed by atoms with Crippen LogP contribution in [0.3, 0.4) is 0 Å². The van der Waals surface area contributed by atoms with Gasteiger partial charge in [0.05, 0.1) is 12.3 Å². The fourth-order valence-electron chi connectivity index (χ4n) is 2.31. The molecule has 0 spiro atoms. The molecule has 1 heterocycles. The molecular formula is C13H23N3O. The molecule has 1 unspecified atom stereocenters. The topological polar surface area (TPSA) is 39.1 Å². The second-order valence-corrected chi connectivity index (χ2v) is 4.91. The summed E-state index contributed by atoms with van der Waals surface area (Å²) in [6.45, 7) is 3.87. The van der Waals surface area contributed by atoms with Gasteiger partial charge in [0.1, 0.15) is 0 Å². The number of methoxy groups -OCH3 is 1. The highest BCUT2D eigenvalue weighted by Gasteiger charge is 2.30. The van der Waals surface area contributed by atoms with Crippen LogP contribution in [0.15, 0.2) is 6.20 Å². The van der Waals surface area contributed by atoms with Gasteiger partial charge in [-0.05, 0) is 25.2 Å². The average Bonchev–Trinajstić information content (AvgIpc) is 3.08. The van der Waals surface area contributed by atoms with Crippen molar-refractivity contribution in [2.75, 3.05) is 13.7 Å². The summed E-state index contributed by atoms with van der Waals surface area (Å²) in [6, 6.07) is 0.505. The summed E-state index contributed by atoms with van der Waals surface area (Å²) < 4.78 is 7.17. The maximum atomic E-state index is 5.27. The van der Waals surface area contributed by atoms with E-state index in [0.717, 1.165) is 25.5 Å². The Labute approximate surface area is 103 Å². The van der Waals surface area contributed by atoms with Crippen molar-refractivity contribution in [1.82, 2.24) is 15.1 Å². The van der Waals surface area contributed by atoms with E-state index in [1.54, 1.807) is 7.11 Å². The molecule has 4 nitrogen and oxygen atoms in total. The van der Waals surface area contributed by atoms with Crippen LogP contribution < -0.4 is 5.32 Å². The average molecular weight is 237 g/mol. The van der Waals surface area contributed by atoms with Crippen LogP contribution in [-0.4, -0.2) is 29.5 Å². The van der Waals surface area contributed by atoms with Crippen molar-refractivity contribution >= 4 is 0 Å². The highest BCUT2D eigenvalue weighted by molar-refractivity contribution is 5.16. The number of aryl methyl sites for hydroxylation is 2. The van der Waals surface area contributed by atoms with E-state index >= 15 is 0 Å². The second kappa shape index (κ2) is 5.65. The van der Waals surface area contributed by atoms with Gasteiger partial charge in [-0.25, -0.2) is 0 Å². The molecule has 0 radical (unpaired) electrons. The first kappa shape index (κ1) is 12.6. The Bertz CT molecular complexity index is 358. The van der Waals surface area contributed by atoms with Crippen molar-refractivity contribution in [3.8, 4) is 0 Å². The molecule has 0 bridgehead atoms. The van der Waals surface area contributed by atoms with E-state index < -0.39 is 0 Å². The fraction of sp³-hybridized carbons (Fsp3) is 0.769. The molecule has 1 fully saturated rings. The third kappa shape index (κ3) is 3.30. The number of rotatable bonds is 7. The van der Waals surface area contributed by atoms with Crippen molar-refractivity contribution in [1.29, 1.82) is 0 Å². The van der Waals surface area contributed by atoms with Crippen LogP contribution in [0, 0.1) is 5.92 Å². The first-order valence-corrected chi connectivity index (χ1v) is 6.48. The lowest BCUT2D eigenvalue weighted by atomic mass is 10.1. The molecule has 1 aliphatic carbocycles. The number of hydrogen-bond donors (Lipinski definition) is 1. The molecule has 1 atom stereocenters. The Hall–Kier alpha value is -0.870. The van der Waals surface area contributed by atoms with Crippen LogP contribution in [0.25, 0.3) is 0 Å². The maximum Gasteiger partial charge on any atom is 0.0666 e. The summed E-state index contributed by atoms with van der Waals surface area (Å²) in [7, 11) is 3.76. The second-order valence-electron chi connectivity index (χ2n) is 4.91. The molecule has 1 aromatic heterocycles. The maximum absolute atomic E-state index is 5.27. The van der Waals surface area contributed by atoms with Crippen LogP contribution in [0.2, 0.25) is 0 Å². The lowest BCUT2D eigenvalue weighted by molar-refractivity contribution is 0.157. The molecule has 96 valence electrons. The molecule has 1 saturated carbocycles. The van der Waals surface area contributed by atoms with E-state index in [9.17, 15) is 0 Å². The normalized spacial score (nSPS) is 17.4. The monoisotopic (exact) mass is 237 g/mol. The highest BCUT2D eigenvalue weighted by Crippen LogP contribution is 2.32. The largest absolute Gasteiger partial charge is 0.383 e. The molecule has 4 heteroatoms. The molecule has 17 heavy (non-hydrogen) atoms. The third-order valence-corrected chi connectivity index (χ3v) is 3.42. The number of nitrogens with zero attached hydrogens (tertiary/aromatic N) is 2. The molecule has 0 aromatic carbocycles. The summed E-state index contributed by atoms with van der Waals surface area (Å²) >= 11 is 0. The lowest BCUT2D eigenvalue weighted by Crippen LogP contribution is -2.34. The molecule has 1 aromatic rings. The number of ether oxygens (including phenoxy) is 1. The Morgan fingerprint density at radius 2 is 2.35 bits per heavy atom. The number of nitrogens with one attached hydrogen (secondary N) is 1. The minimum absolute atomic E-state index is 0.505. The smallest absolute Gasteiger partial charge is 0.0666 e. The number of aromatic nitrogens is 2. The molecule has 0 saturated heterocycles. The summed E-state index contributed by atoms with van der Waals surface area (Å²) in [5, 5.41) is 8.07. The molecule has 0 aliphatic heterocycles. The van der Waals surface area contributed by atoms with Gasteiger partial charge in [0, 0.05) is 38.5 Å². The van der Waals surface area contributed by atoms with Gasteiger partial charge in [-0.15, -0.1) is 0 Å². The standard InChI is InChI=1S/C13H23N3O/c1-4-12-11(8-16(2)15-12)7-14-13(9-17-3)10-5-6-10/h8,10,13-14H,4-7,9H2,1-3H3. The SMILES string of the molecule is CCc1nn(C)cc1CNC(COC)C1CC1. The molecule has 1 aliphatic rings. The van der Waals surface area contributed by atoms with Gasteiger partial charge < -0.3 is 10.1 Å². The van der Waals surface area contributed by atoms with E-state index in [2.05, 4.69) is 23.5 Å². The Kier molecular flexibility index (Phi) is 4.18. The Morgan fingerprint density at radius 1 is 1.59 bits per heavy atom. The van der Waals surface area contributed by atoms with Crippen LogP contribution in [0.1, 0.15) is 31.0 Å². The van der Waals surface area contributed by atoms with Crippen LogP contribution in [-0.2, 0) is 24.8 Å². The quantitative estimate of drug-likeness (QED) is 0.781. The van der Waals surface area contributed by atoms with Gasteiger partial charge >= 0.3 is 0 Å². The number of hydrogen-bond acceptors (Lipinski definition) is 3. The first-order chi connectivity index (χ1) is 8.24. The Morgan fingerprint density at radius 3 is 2.94 bits per heavy atom. The van der Waals surface area contributed by atoms with Crippen LogP contribution in [0.4, 0.5) is 0 Å². The molecule has 2 rings (SSSR count). The van der Waals surface area contributed by atoms with Crippen molar-refractivity contribution in [3.63, 3.8) is 0 Å². The van der Waals surface area contributed by atoms with E-state index in [1.807, 2.05) is 11.7 Å². The predicted octanol–water partition coefficient (Wildman–Crippen LogP) is 1.50. The highest BCUT2D eigenvalue weighted by atomic mass is 16.5. The van der Waals surface area contributed by atoms with Crippen molar-refractivity contribution < 1.29 is 4.74 Å². The van der Waals surface area contributed by atoms with Gasteiger partial charge in [0.2, 0.25) is 0 Å². The zero-order valence-electron chi connectivity index (χ0n) is 11.1. The lowest BCUT2D eigenvalue weighted by Gasteiger charge is -2.17. The third-order valence-electron chi connectivity index (χ3n) is 3.42. The summed E-state index contributed by atoms with van der Waals surface area (Å²) in [4.78, 5) is 0. The molecule has 1 N–H and O–H groups in total. The van der Waals surface area contributed by atoms with Gasteiger partial charge in [0.15, 0.2) is 0 Å². The van der Waals surface area contributed by atoms with Gasteiger partial charge in [0.25, 0.3) is 0 Å². The van der Waals surface area contributed by atoms with Crippen molar-refractivity contribution in [2.24, 2.45) is 13.0 Å². The van der Waals surface area contributed by atoms with Crippen LogP contribution >= 0.6 is 0 Å². The zero-order valence-corrected chi connectivity index (χ0v) is 11.1. The van der Waals surface area contributed by atoms with Crippen molar-refractivity contribution in [3.05, 3.63) is 17.5 Å². The molecular weight excluding hydrogens is 214 g/mol. The summed E-state index contributed by atoms with van der Waals surface area (Å²) in [5.41, 5.74) is 2.52. The first-order valence-electron chi connectivity index (χ1n) is 6.48. The van der Waals surface area contributed by atoms with Gasteiger partial charge in [-0.3, -0.25) is 4.68 Å². The van der Waals surface area contributed by atoms with Crippen molar-refractivity contribution in [2.45, 2.75) is 38.8 Å². The minimum atomic E-state index is 0.505. The summed E-state index contributed by atoms with van der Waals surface area (Å²) in [5.74, 6) is 0.816. The van der Waals surface area contributed by atoms with Gasteiger partial charge in [-0.2, -0.15) is 5.10 Å². The van der Waals surface area contributed by atoms with E-state index in [0.29, 0.717) is 6.04 Å². The van der Waals surface area contributed by atoms with Crippen LogP contribution in [0.5, 0.6) is 0 Å². The summed E-state index contributed by atoms with van der Waals surface area (Å²) in [6.07, 6.45) is 5.79. The predicted molar refractivity (Wildman–Crippen MR) is 67.8 cm³/mol. The van der Waals surface area contributed by atoms with E-state index in [1.165, 1.54) is 24.1 Å². The van der Waals surface area contributed by atoms with Gasteiger partial charge in [-0.1, -0.05) is 6.92 Å². The Balaban J connectivity index is 1.90. The molecule has 0 amide bonds. The fourth-order valence-corrected chi connectivity index (χ4v) is 2.31. The zero-order chi connectivity index (χ0) is 12.3. The van der Waals surface area contributed by atoms with E-state index in [-0.39, 0.29) is 0 Å². The minimum Gasteiger partial charge on any atom is -0.383 e.